The quantitative estimate of drug-likeness (QED) is 0.668. The van der Waals surface area contributed by atoms with Gasteiger partial charge in [0, 0.05) is 12.1 Å². The summed E-state index contributed by atoms with van der Waals surface area (Å²) in [6, 6.07) is 0.638. The molecule has 0 aromatic rings. The van der Waals surface area contributed by atoms with Crippen molar-refractivity contribution in [3.05, 3.63) is 0 Å². The second-order valence-corrected chi connectivity index (χ2v) is 5.13. The van der Waals surface area contributed by atoms with Crippen LogP contribution in [-0.4, -0.2) is 42.8 Å². The molecule has 1 aliphatic carbocycles. The monoisotopic (exact) mass is 252 g/mol. The van der Waals surface area contributed by atoms with Gasteiger partial charge in [0.05, 0.1) is 6.54 Å². The SMILES string of the molecule is CC(C)NCCCCN(CC(F)(F)F)C1CC1. The summed E-state index contributed by atoms with van der Waals surface area (Å²) in [6.45, 7) is 4.86. The molecule has 0 bridgehead atoms. The minimum atomic E-state index is -4.06. The predicted octanol–water partition coefficient (Wildman–Crippen LogP) is 2.79. The molecule has 102 valence electrons. The van der Waals surface area contributed by atoms with Gasteiger partial charge in [-0.05, 0) is 38.8 Å². The summed E-state index contributed by atoms with van der Waals surface area (Å²) in [5.41, 5.74) is 0. The van der Waals surface area contributed by atoms with Crippen molar-refractivity contribution in [2.24, 2.45) is 0 Å². The maximum atomic E-state index is 12.3. The Morgan fingerprint density at radius 1 is 1.24 bits per heavy atom. The third-order valence-electron chi connectivity index (χ3n) is 2.87. The molecule has 1 fully saturated rings. The number of hydrogen-bond donors (Lipinski definition) is 1. The van der Waals surface area contributed by atoms with E-state index in [-0.39, 0.29) is 6.04 Å². The van der Waals surface area contributed by atoms with E-state index in [4.69, 9.17) is 0 Å². The zero-order valence-electron chi connectivity index (χ0n) is 10.7. The molecular weight excluding hydrogens is 229 g/mol. The maximum absolute atomic E-state index is 12.3. The summed E-state index contributed by atoms with van der Waals surface area (Å²) in [4.78, 5) is 1.59. The van der Waals surface area contributed by atoms with Gasteiger partial charge < -0.3 is 5.32 Å². The van der Waals surface area contributed by atoms with E-state index in [9.17, 15) is 13.2 Å². The molecule has 1 aliphatic rings. The highest BCUT2D eigenvalue weighted by atomic mass is 19.4. The van der Waals surface area contributed by atoms with E-state index in [0.717, 1.165) is 32.2 Å². The van der Waals surface area contributed by atoms with E-state index >= 15 is 0 Å². The number of nitrogens with one attached hydrogen (secondary N) is 1. The summed E-state index contributed by atoms with van der Waals surface area (Å²) >= 11 is 0. The fourth-order valence-corrected chi connectivity index (χ4v) is 1.89. The van der Waals surface area contributed by atoms with E-state index in [1.807, 2.05) is 0 Å². The molecule has 0 spiro atoms. The standard InChI is InChI=1S/C12H23F3N2/c1-10(2)16-7-3-4-8-17(11-5-6-11)9-12(13,14)15/h10-11,16H,3-9H2,1-2H3. The normalized spacial score (nSPS) is 17.1. The van der Waals surface area contributed by atoms with Crippen LogP contribution < -0.4 is 5.32 Å². The molecule has 0 aromatic heterocycles. The minimum Gasteiger partial charge on any atom is -0.315 e. The summed E-state index contributed by atoms with van der Waals surface area (Å²) in [6.07, 6.45) is -0.412. The number of nitrogens with zero attached hydrogens (tertiary/aromatic N) is 1. The van der Waals surface area contributed by atoms with Gasteiger partial charge in [-0.25, -0.2) is 0 Å². The van der Waals surface area contributed by atoms with Crippen molar-refractivity contribution in [3.63, 3.8) is 0 Å². The topological polar surface area (TPSA) is 15.3 Å². The van der Waals surface area contributed by atoms with Crippen LogP contribution in [0.25, 0.3) is 0 Å². The fraction of sp³-hybridized carbons (Fsp3) is 1.00. The van der Waals surface area contributed by atoms with E-state index in [1.165, 1.54) is 0 Å². The Morgan fingerprint density at radius 3 is 2.35 bits per heavy atom. The predicted molar refractivity (Wildman–Crippen MR) is 63.0 cm³/mol. The Hall–Kier alpha value is -0.290. The molecule has 1 N–H and O–H groups in total. The first-order chi connectivity index (χ1) is 7.88. The van der Waals surface area contributed by atoms with Crippen LogP contribution in [-0.2, 0) is 0 Å². The van der Waals surface area contributed by atoms with E-state index in [2.05, 4.69) is 19.2 Å². The van der Waals surface area contributed by atoms with Gasteiger partial charge in [-0.2, -0.15) is 13.2 Å². The Balaban J connectivity index is 2.12. The molecule has 0 aromatic carbocycles. The molecular formula is C12H23F3N2. The lowest BCUT2D eigenvalue weighted by Gasteiger charge is -2.23. The van der Waals surface area contributed by atoms with Gasteiger partial charge in [0.1, 0.15) is 0 Å². The highest BCUT2D eigenvalue weighted by Gasteiger charge is 2.37. The summed E-state index contributed by atoms with van der Waals surface area (Å²) < 4.78 is 37.0. The van der Waals surface area contributed by atoms with Gasteiger partial charge in [-0.3, -0.25) is 4.90 Å². The zero-order valence-corrected chi connectivity index (χ0v) is 10.7. The Bertz CT molecular complexity index is 212. The van der Waals surface area contributed by atoms with Gasteiger partial charge in [-0.1, -0.05) is 13.8 Å². The molecule has 0 saturated heterocycles. The average Bonchev–Trinajstić information content (AvgIpc) is 2.96. The molecule has 0 unspecified atom stereocenters. The van der Waals surface area contributed by atoms with E-state index < -0.39 is 12.7 Å². The van der Waals surface area contributed by atoms with Crippen LogP contribution in [0.1, 0.15) is 39.5 Å². The molecule has 0 atom stereocenters. The Kier molecular flexibility index (Phi) is 5.73. The lowest BCUT2D eigenvalue weighted by atomic mass is 10.2. The molecule has 0 aliphatic heterocycles. The largest absolute Gasteiger partial charge is 0.401 e. The number of hydrogen-bond acceptors (Lipinski definition) is 2. The molecule has 2 nitrogen and oxygen atoms in total. The number of unbranched alkanes of at least 4 members (excludes halogenated alkanes) is 1. The van der Waals surface area contributed by atoms with Crippen molar-refractivity contribution in [1.29, 1.82) is 0 Å². The first-order valence-corrected chi connectivity index (χ1v) is 6.42. The number of alkyl halides is 3. The Morgan fingerprint density at radius 2 is 1.88 bits per heavy atom. The van der Waals surface area contributed by atoms with Crippen molar-refractivity contribution in [2.75, 3.05) is 19.6 Å². The number of rotatable bonds is 8. The Labute approximate surface area is 102 Å². The van der Waals surface area contributed by atoms with E-state index in [1.54, 1.807) is 4.90 Å². The first-order valence-electron chi connectivity index (χ1n) is 6.42. The minimum absolute atomic E-state index is 0.190. The zero-order chi connectivity index (χ0) is 12.9. The third-order valence-corrected chi connectivity index (χ3v) is 2.87. The van der Waals surface area contributed by atoms with Crippen LogP contribution in [0.2, 0.25) is 0 Å². The molecule has 1 rings (SSSR count). The summed E-state index contributed by atoms with van der Waals surface area (Å²) in [5.74, 6) is 0. The second-order valence-electron chi connectivity index (χ2n) is 5.13. The van der Waals surface area contributed by atoms with Crippen LogP contribution in [0, 0.1) is 0 Å². The van der Waals surface area contributed by atoms with Gasteiger partial charge in [-0.15, -0.1) is 0 Å². The van der Waals surface area contributed by atoms with Gasteiger partial charge in [0.15, 0.2) is 0 Å². The second kappa shape index (κ2) is 6.59. The third kappa shape index (κ3) is 7.60. The van der Waals surface area contributed by atoms with Crippen LogP contribution >= 0.6 is 0 Å². The van der Waals surface area contributed by atoms with Crippen molar-refractivity contribution in [1.82, 2.24) is 10.2 Å². The fourth-order valence-electron chi connectivity index (χ4n) is 1.89. The van der Waals surface area contributed by atoms with Crippen molar-refractivity contribution < 1.29 is 13.2 Å². The van der Waals surface area contributed by atoms with Crippen molar-refractivity contribution in [3.8, 4) is 0 Å². The average molecular weight is 252 g/mol. The molecule has 0 amide bonds. The van der Waals surface area contributed by atoms with Gasteiger partial charge in [0.2, 0.25) is 0 Å². The highest BCUT2D eigenvalue weighted by Crippen LogP contribution is 2.30. The molecule has 5 heteroatoms. The van der Waals surface area contributed by atoms with Gasteiger partial charge >= 0.3 is 6.18 Å². The maximum Gasteiger partial charge on any atom is 0.401 e. The molecule has 0 heterocycles. The van der Waals surface area contributed by atoms with E-state index in [0.29, 0.717) is 12.6 Å². The first kappa shape index (κ1) is 14.8. The van der Waals surface area contributed by atoms with Crippen LogP contribution in [0.15, 0.2) is 0 Å². The van der Waals surface area contributed by atoms with Crippen LogP contribution in [0.4, 0.5) is 13.2 Å². The van der Waals surface area contributed by atoms with Gasteiger partial charge in [0.25, 0.3) is 0 Å². The molecule has 17 heavy (non-hydrogen) atoms. The molecule has 1 saturated carbocycles. The van der Waals surface area contributed by atoms with Crippen molar-refractivity contribution >= 4 is 0 Å². The van der Waals surface area contributed by atoms with Crippen LogP contribution in [0.3, 0.4) is 0 Å². The molecule has 0 radical (unpaired) electrons. The lowest BCUT2D eigenvalue weighted by molar-refractivity contribution is -0.147. The number of halogens is 3. The highest BCUT2D eigenvalue weighted by molar-refractivity contribution is 4.85. The summed E-state index contributed by atoms with van der Waals surface area (Å²) in [5, 5.41) is 3.27. The smallest absolute Gasteiger partial charge is 0.315 e. The van der Waals surface area contributed by atoms with Crippen LogP contribution in [0.5, 0.6) is 0 Å². The lowest BCUT2D eigenvalue weighted by Crippen LogP contribution is -2.36. The summed E-state index contributed by atoms with van der Waals surface area (Å²) in [7, 11) is 0. The van der Waals surface area contributed by atoms with Crippen molar-refractivity contribution in [2.45, 2.75) is 57.8 Å².